The van der Waals surface area contributed by atoms with Crippen molar-refractivity contribution < 1.29 is 13.2 Å². The summed E-state index contributed by atoms with van der Waals surface area (Å²) in [4.78, 5) is 20.2. The summed E-state index contributed by atoms with van der Waals surface area (Å²) >= 11 is 1.88. The highest BCUT2D eigenvalue weighted by molar-refractivity contribution is 7.99. The molecule has 1 aromatic heterocycles. The molecule has 7 nitrogen and oxygen atoms in total. The maximum Gasteiger partial charge on any atom is 0.264 e. The van der Waals surface area contributed by atoms with Gasteiger partial charge in [-0.2, -0.15) is 11.8 Å². The van der Waals surface area contributed by atoms with Crippen LogP contribution in [0.2, 0.25) is 0 Å². The SMILES string of the molecule is Cc1ccnc(NS(=O)(=O)c2ccc(NC(=O)CCSC3CCCCC3)cc2)n1. The monoisotopic (exact) mass is 434 g/mol. The zero-order valence-corrected chi connectivity index (χ0v) is 18.1. The molecule has 1 aliphatic carbocycles. The van der Waals surface area contributed by atoms with Gasteiger partial charge in [-0.05, 0) is 50.1 Å². The van der Waals surface area contributed by atoms with Crippen molar-refractivity contribution in [1.82, 2.24) is 9.97 Å². The minimum atomic E-state index is -3.79. The number of hydrogen-bond acceptors (Lipinski definition) is 6. The molecule has 1 aliphatic rings. The van der Waals surface area contributed by atoms with E-state index >= 15 is 0 Å². The smallest absolute Gasteiger partial charge is 0.264 e. The Labute approximate surface area is 176 Å². The standard InChI is InChI=1S/C20H26N4O3S2/c1-15-11-13-21-20(22-15)24-29(26,27)18-9-7-16(8-10-18)23-19(25)12-14-28-17-5-3-2-4-6-17/h7-11,13,17H,2-6,12,14H2,1H3,(H,23,25)(H,21,22,24). The van der Waals surface area contributed by atoms with Crippen molar-refractivity contribution in [1.29, 1.82) is 0 Å². The Bertz CT molecular complexity index is 927. The largest absolute Gasteiger partial charge is 0.326 e. The Hall–Kier alpha value is -2.13. The van der Waals surface area contributed by atoms with Gasteiger partial charge in [-0.3, -0.25) is 4.79 Å². The van der Waals surface area contributed by atoms with Crippen molar-refractivity contribution in [2.75, 3.05) is 15.8 Å². The third-order valence-electron chi connectivity index (χ3n) is 4.70. The Morgan fingerprint density at radius 3 is 2.55 bits per heavy atom. The number of anilines is 2. The summed E-state index contributed by atoms with van der Waals surface area (Å²) < 4.78 is 27.3. The number of carbonyl (C=O) groups excluding carboxylic acids is 1. The van der Waals surface area contributed by atoms with E-state index in [1.54, 1.807) is 25.1 Å². The van der Waals surface area contributed by atoms with Gasteiger partial charge in [0.15, 0.2) is 0 Å². The number of thioether (sulfide) groups is 1. The van der Waals surface area contributed by atoms with Gasteiger partial charge in [-0.15, -0.1) is 0 Å². The lowest BCUT2D eigenvalue weighted by Crippen LogP contribution is -2.16. The molecular formula is C20H26N4O3S2. The summed E-state index contributed by atoms with van der Waals surface area (Å²) in [6, 6.07) is 7.74. The van der Waals surface area contributed by atoms with E-state index in [0.717, 1.165) is 5.75 Å². The number of hydrogen-bond donors (Lipinski definition) is 2. The lowest BCUT2D eigenvalue weighted by atomic mass is 10.0. The van der Waals surface area contributed by atoms with Crippen molar-refractivity contribution in [2.24, 2.45) is 0 Å². The average Bonchev–Trinajstić information content (AvgIpc) is 2.69. The number of sulfonamides is 1. The maximum absolute atomic E-state index is 12.5. The first-order valence-electron chi connectivity index (χ1n) is 9.76. The zero-order chi connectivity index (χ0) is 20.7. The van der Waals surface area contributed by atoms with E-state index in [0.29, 0.717) is 23.1 Å². The van der Waals surface area contributed by atoms with Crippen LogP contribution in [0.1, 0.15) is 44.2 Å². The normalized spacial score (nSPS) is 15.1. The lowest BCUT2D eigenvalue weighted by Gasteiger charge is -2.20. The summed E-state index contributed by atoms with van der Waals surface area (Å²) in [5.74, 6) is 0.775. The number of nitrogens with one attached hydrogen (secondary N) is 2. The number of nitrogens with zero attached hydrogens (tertiary/aromatic N) is 2. The first-order valence-corrected chi connectivity index (χ1v) is 12.3. The number of amides is 1. The Morgan fingerprint density at radius 2 is 1.86 bits per heavy atom. The molecule has 9 heteroatoms. The fourth-order valence-electron chi connectivity index (χ4n) is 3.17. The van der Waals surface area contributed by atoms with E-state index in [1.807, 2.05) is 11.8 Å². The van der Waals surface area contributed by atoms with Gasteiger partial charge >= 0.3 is 0 Å². The van der Waals surface area contributed by atoms with Gasteiger partial charge in [0.25, 0.3) is 10.0 Å². The van der Waals surface area contributed by atoms with Crippen molar-refractivity contribution >= 4 is 39.3 Å². The van der Waals surface area contributed by atoms with Crippen molar-refractivity contribution in [3.8, 4) is 0 Å². The third-order valence-corrected chi connectivity index (χ3v) is 7.43. The lowest BCUT2D eigenvalue weighted by molar-refractivity contribution is -0.115. The number of rotatable bonds is 8. The molecule has 1 saturated carbocycles. The molecule has 1 aromatic carbocycles. The van der Waals surface area contributed by atoms with E-state index in [4.69, 9.17) is 0 Å². The molecule has 2 aromatic rings. The van der Waals surface area contributed by atoms with Crippen molar-refractivity contribution in [3.63, 3.8) is 0 Å². The van der Waals surface area contributed by atoms with Crippen LogP contribution in [0.4, 0.5) is 11.6 Å². The van der Waals surface area contributed by atoms with Crippen LogP contribution in [0.25, 0.3) is 0 Å². The average molecular weight is 435 g/mol. The second-order valence-corrected chi connectivity index (χ2v) is 10.2. The van der Waals surface area contributed by atoms with Crippen molar-refractivity contribution in [2.45, 2.75) is 55.6 Å². The molecule has 0 aliphatic heterocycles. The molecule has 1 heterocycles. The minimum absolute atomic E-state index is 0.0258. The topological polar surface area (TPSA) is 101 Å². The zero-order valence-electron chi connectivity index (χ0n) is 16.4. The van der Waals surface area contributed by atoms with Gasteiger partial charge in [0, 0.05) is 35.0 Å². The highest BCUT2D eigenvalue weighted by Gasteiger charge is 2.16. The summed E-state index contributed by atoms with van der Waals surface area (Å²) in [6.07, 6.45) is 8.37. The second kappa shape index (κ2) is 10.1. The maximum atomic E-state index is 12.5. The summed E-state index contributed by atoms with van der Waals surface area (Å²) in [6.45, 7) is 1.75. The number of carbonyl (C=O) groups is 1. The predicted octanol–water partition coefficient (Wildman–Crippen LogP) is 3.98. The Balaban J connectivity index is 1.50. The van der Waals surface area contributed by atoms with Crippen LogP contribution in [-0.2, 0) is 14.8 Å². The highest BCUT2D eigenvalue weighted by Crippen LogP contribution is 2.28. The fraction of sp³-hybridized carbons (Fsp3) is 0.450. The third kappa shape index (κ3) is 6.71. The quantitative estimate of drug-likeness (QED) is 0.652. The summed E-state index contributed by atoms with van der Waals surface area (Å²) in [7, 11) is -3.79. The number of aromatic nitrogens is 2. The molecule has 3 rings (SSSR count). The first-order chi connectivity index (χ1) is 13.9. The van der Waals surface area contributed by atoms with Gasteiger partial charge in [-0.25, -0.2) is 23.1 Å². The van der Waals surface area contributed by atoms with Gasteiger partial charge in [0.05, 0.1) is 4.90 Å². The van der Waals surface area contributed by atoms with Gasteiger partial charge < -0.3 is 5.32 Å². The molecule has 0 bridgehead atoms. The predicted molar refractivity (Wildman–Crippen MR) is 117 cm³/mol. The van der Waals surface area contributed by atoms with Crippen LogP contribution in [0.5, 0.6) is 0 Å². The van der Waals surface area contributed by atoms with Gasteiger partial charge in [0.2, 0.25) is 11.9 Å². The molecule has 0 atom stereocenters. The summed E-state index contributed by atoms with van der Waals surface area (Å²) in [5.41, 5.74) is 1.24. The van der Waals surface area contributed by atoms with E-state index in [9.17, 15) is 13.2 Å². The second-order valence-electron chi connectivity index (χ2n) is 7.08. The van der Waals surface area contributed by atoms with Crippen LogP contribution in [0.15, 0.2) is 41.4 Å². The molecule has 1 amide bonds. The molecule has 0 spiro atoms. The van der Waals surface area contributed by atoms with Gasteiger partial charge in [-0.1, -0.05) is 19.3 Å². The number of benzene rings is 1. The van der Waals surface area contributed by atoms with E-state index in [-0.39, 0.29) is 16.8 Å². The Morgan fingerprint density at radius 1 is 1.14 bits per heavy atom. The van der Waals surface area contributed by atoms with Gasteiger partial charge in [0.1, 0.15) is 0 Å². The molecule has 1 fully saturated rings. The molecule has 0 radical (unpaired) electrons. The highest BCUT2D eigenvalue weighted by atomic mass is 32.2. The minimum Gasteiger partial charge on any atom is -0.326 e. The van der Waals surface area contributed by atoms with Crippen LogP contribution in [0, 0.1) is 6.92 Å². The van der Waals surface area contributed by atoms with Crippen molar-refractivity contribution in [3.05, 3.63) is 42.2 Å². The van der Waals surface area contributed by atoms with Crippen LogP contribution < -0.4 is 10.0 Å². The van der Waals surface area contributed by atoms with Crippen LogP contribution >= 0.6 is 11.8 Å². The molecule has 29 heavy (non-hydrogen) atoms. The van der Waals surface area contributed by atoms with E-state index < -0.39 is 10.0 Å². The first kappa shape index (κ1) is 21.6. The number of aryl methyl sites for hydroxylation is 1. The molecule has 0 saturated heterocycles. The fourth-order valence-corrected chi connectivity index (χ4v) is 5.42. The van der Waals surface area contributed by atoms with Crippen LogP contribution in [0.3, 0.4) is 0 Å². The van der Waals surface area contributed by atoms with E-state index in [2.05, 4.69) is 20.0 Å². The molecule has 2 N–H and O–H groups in total. The molecular weight excluding hydrogens is 408 g/mol. The Kier molecular flexibility index (Phi) is 7.49. The summed E-state index contributed by atoms with van der Waals surface area (Å²) in [5, 5.41) is 3.51. The molecule has 156 valence electrons. The van der Waals surface area contributed by atoms with Crippen LogP contribution in [-0.4, -0.2) is 35.3 Å². The van der Waals surface area contributed by atoms with E-state index in [1.165, 1.54) is 50.4 Å². The molecule has 0 unspecified atom stereocenters.